The number of nitrogens with zero attached hydrogens (tertiary/aromatic N) is 4. The molecule has 12 aromatic rings. The molecule has 8 aromatic carbocycles. The van der Waals surface area contributed by atoms with Crippen LogP contribution in [0.25, 0.3) is 43.6 Å². The first kappa shape index (κ1) is 82.2. The zero-order valence-electron chi connectivity index (χ0n) is 65.2. The molecule has 8 heterocycles. The van der Waals surface area contributed by atoms with E-state index in [9.17, 15) is 47.2 Å². The lowest BCUT2D eigenvalue weighted by Gasteiger charge is -2.31. The number of piperidine rings is 4. The fourth-order valence-electron chi connectivity index (χ4n) is 16.1. The Morgan fingerprint density at radius 3 is 1.29 bits per heavy atom. The van der Waals surface area contributed by atoms with Gasteiger partial charge in [0.2, 0.25) is 40.1 Å². The number of aromatic nitrogens is 4. The van der Waals surface area contributed by atoms with E-state index >= 15 is 0 Å². The molecular formula is C89H98F2N8O11S4. The fraction of sp³-hybridized carbons (Fsp3) is 0.337. The van der Waals surface area contributed by atoms with E-state index in [1.807, 2.05) is 79.1 Å². The Hall–Kier alpha value is -9.75. The van der Waals surface area contributed by atoms with Gasteiger partial charge in [-0.3, -0.25) is 0 Å². The Morgan fingerprint density at radius 1 is 0.456 bits per heavy atom. The van der Waals surface area contributed by atoms with Gasteiger partial charge in [0.05, 0.1) is 32.3 Å². The van der Waals surface area contributed by atoms with Crippen LogP contribution in [0.1, 0.15) is 165 Å². The van der Waals surface area contributed by atoms with Crippen molar-refractivity contribution in [3.8, 4) is 18.1 Å². The number of benzene rings is 8. The van der Waals surface area contributed by atoms with Gasteiger partial charge >= 0.3 is 12.1 Å². The highest BCUT2D eigenvalue weighted by Gasteiger charge is 2.37. The summed E-state index contributed by atoms with van der Waals surface area (Å²) < 4.78 is 146. The summed E-state index contributed by atoms with van der Waals surface area (Å²) in [6, 6.07) is 54.8. The third-order valence-corrected chi connectivity index (χ3v) is 30.2. The van der Waals surface area contributed by atoms with Gasteiger partial charge in [-0.1, -0.05) is 124 Å². The van der Waals surface area contributed by atoms with Crippen molar-refractivity contribution in [3.05, 3.63) is 257 Å². The summed E-state index contributed by atoms with van der Waals surface area (Å²) in [5.41, 5.74) is 13.8. The number of sulfonamides is 4. The number of para-hydroxylation sites is 2. The maximum atomic E-state index is 13.2. The van der Waals surface area contributed by atoms with Crippen molar-refractivity contribution >= 4 is 89.7 Å². The number of methoxy groups -OCH3 is 1. The number of carbonyl (C=O) groups is 1. The van der Waals surface area contributed by atoms with Gasteiger partial charge < -0.3 is 29.4 Å². The number of hydrogen-bond donors (Lipinski definition) is 4. The molecular weight excluding hydrogens is 1520 g/mol. The second-order valence-electron chi connectivity index (χ2n) is 30.9. The third kappa shape index (κ3) is 18.2. The number of esters is 1. The normalized spacial score (nSPS) is 16.7. The molecule has 0 atom stereocenters. The fourth-order valence-corrected chi connectivity index (χ4v) is 22.2. The quantitative estimate of drug-likeness (QED) is 0.0523. The molecule has 0 saturated carbocycles. The molecule has 4 N–H and O–H groups in total. The smallest absolute Gasteiger partial charge is 0.394 e. The van der Waals surface area contributed by atoms with Gasteiger partial charge in [0.1, 0.15) is 5.75 Å². The highest BCUT2D eigenvalue weighted by Crippen LogP contribution is 2.41. The molecule has 0 aliphatic carbocycles. The van der Waals surface area contributed by atoms with Crippen molar-refractivity contribution in [1.82, 2.24) is 37.2 Å². The van der Waals surface area contributed by atoms with Crippen molar-refractivity contribution in [2.75, 3.05) is 59.5 Å². The number of carbonyl (C=O) groups excluding carboxylic acids is 1. The first-order chi connectivity index (χ1) is 54.4. The van der Waals surface area contributed by atoms with Gasteiger partial charge in [-0.15, -0.1) is 6.42 Å². The number of nitrogens with one attached hydrogen (secondary N) is 4. The lowest BCUT2D eigenvalue weighted by molar-refractivity contribution is -0.159. The van der Waals surface area contributed by atoms with Gasteiger partial charge in [-0.25, -0.2) is 38.5 Å². The molecule has 19 nitrogen and oxygen atoms in total. The standard InChI is InChI=1S/C24H30N2O2S.C23H22N2O4S.C21H22F2N2O3S.C21H24N2O2S/c1-17-5-10-23-21(15-17)22(16-25-23)18-11-13-26(14-12-18)29(27,28)20-8-6-19(7-9-20)24(2,3)4;1-3-16-8-9-21-19(14-16)20(15-24-21)17-10-12-25(13-11-17)30(27,28)22-7-5-4-6-18(22)23(26)29-2;1-21(22,23)28-16-5-4-6-17(13-16)29(26,27)25-11-9-15(10-12-25)19-14-24-20-8-3-2-7-18(19)20;1-2-16-7-9-18(10-8-16)26(24,25)23-13-11-17(12-14-23)20-15-22-21-6-4-3-5-19(20)21/h5-10,15-16,18,25H,11-14H2,1-4H3;1,4-9,14-15,17,24H,10-13H2,2H3;2-8,13-15,24H,9-12H2,1H3;3-10,15,17,22H,2,11-14H2,1H3. The molecule has 4 saturated heterocycles. The molecule has 16 rings (SSSR count). The van der Waals surface area contributed by atoms with E-state index in [0.29, 0.717) is 107 Å². The number of hydrogen-bond acceptors (Lipinski definition) is 11. The maximum Gasteiger partial charge on any atom is 0.394 e. The summed E-state index contributed by atoms with van der Waals surface area (Å²) >= 11 is 0. The predicted molar refractivity (Wildman–Crippen MR) is 445 cm³/mol. The van der Waals surface area contributed by atoms with Crippen molar-refractivity contribution in [2.45, 2.75) is 154 Å². The molecule has 0 amide bonds. The minimum absolute atomic E-state index is 0.0122. The van der Waals surface area contributed by atoms with Crippen LogP contribution >= 0.6 is 0 Å². The molecule has 598 valence electrons. The van der Waals surface area contributed by atoms with Crippen LogP contribution in [0.5, 0.6) is 5.75 Å². The summed E-state index contributed by atoms with van der Waals surface area (Å²) in [4.78, 5) is 26.0. The summed E-state index contributed by atoms with van der Waals surface area (Å²) in [5, 5.41) is 4.77. The second-order valence-corrected chi connectivity index (χ2v) is 38.6. The van der Waals surface area contributed by atoms with Gasteiger partial charge in [-0.2, -0.15) is 26.0 Å². The van der Waals surface area contributed by atoms with Crippen molar-refractivity contribution < 1.29 is 56.7 Å². The average Bonchev–Trinajstić information content (AvgIpc) is 1.79. The second kappa shape index (κ2) is 34.4. The van der Waals surface area contributed by atoms with E-state index in [0.717, 1.165) is 87.9 Å². The van der Waals surface area contributed by atoms with Gasteiger partial charge in [0.25, 0.3) is 0 Å². The number of ether oxygens (including phenoxy) is 2. The summed E-state index contributed by atoms with van der Waals surface area (Å²) in [7, 11) is -13.2. The van der Waals surface area contributed by atoms with Gasteiger partial charge in [0, 0.05) is 139 Å². The van der Waals surface area contributed by atoms with Crippen LogP contribution in [0, 0.1) is 19.3 Å². The molecule has 4 aromatic heterocycles. The molecule has 4 aliphatic heterocycles. The van der Waals surface area contributed by atoms with E-state index in [-0.39, 0.29) is 38.4 Å². The zero-order chi connectivity index (χ0) is 80.9. The Balaban J connectivity index is 0.000000133. The van der Waals surface area contributed by atoms with Crippen LogP contribution in [0.4, 0.5) is 8.78 Å². The maximum absolute atomic E-state index is 13.2. The first-order valence-electron chi connectivity index (χ1n) is 38.8. The number of rotatable bonds is 16. The van der Waals surface area contributed by atoms with Gasteiger partial charge in [-0.05, 0) is 218 Å². The number of terminal acetylenes is 1. The van der Waals surface area contributed by atoms with Crippen LogP contribution in [0.15, 0.2) is 226 Å². The predicted octanol–water partition coefficient (Wildman–Crippen LogP) is 17.9. The van der Waals surface area contributed by atoms with Crippen LogP contribution in [-0.2, 0) is 56.7 Å². The SMILES string of the molecule is C#Cc1ccc2[nH]cc(C3CCN(S(=O)(=O)c4ccccc4C(=O)OC)CC3)c2c1.CC(F)(F)Oc1cccc(S(=O)(=O)N2CCC(c3c[nH]c4ccccc34)CC2)c1.CCc1ccc(S(=O)(=O)N2CCC(c3c[nH]c4ccccc34)CC2)cc1.Cc1ccc2[nH]cc(C3CCN(S(=O)(=O)c4ccc(C(C)(C)C)cc4)CC3)c2c1. The highest BCUT2D eigenvalue weighted by molar-refractivity contribution is 7.90. The average molecular weight is 1620 g/mol. The molecule has 114 heavy (non-hydrogen) atoms. The van der Waals surface area contributed by atoms with Crippen molar-refractivity contribution in [3.63, 3.8) is 0 Å². The number of H-pyrrole nitrogens is 4. The number of halogens is 2. The Labute approximate surface area is 667 Å². The topological polar surface area (TPSA) is 248 Å². The molecule has 0 bridgehead atoms. The zero-order valence-corrected chi connectivity index (χ0v) is 68.5. The van der Waals surface area contributed by atoms with E-state index in [1.165, 1.54) is 84.5 Å². The number of fused-ring (bicyclic) bond motifs is 4. The van der Waals surface area contributed by atoms with E-state index in [1.54, 1.807) is 45.0 Å². The molecule has 0 radical (unpaired) electrons. The van der Waals surface area contributed by atoms with Crippen LogP contribution in [0.2, 0.25) is 0 Å². The van der Waals surface area contributed by atoms with Crippen LogP contribution < -0.4 is 4.74 Å². The van der Waals surface area contributed by atoms with Crippen LogP contribution in [0.3, 0.4) is 0 Å². The Kier molecular flexibility index (Phi) is 24.8. The molecule has 4 fully saturated rings. The minimum atomic E-state index is -3.80. The van der Waals surface area contributed by atoms with E-state index in [4.69, 9.17) is 11.2 Å². The Morgan fingerprint density at radius 2 is 0.851 bits per heavy atom. The molecule has 4 aliphatic rings. The molecule has 25 heteroatoms. The van der Waals surface area contributed by atoms with E-state index < -0.39 is 52.2 Å². The third-order valence-electron chi connectivity index (χ3n) is 22.5. The summed E-state index contributed by atoms with van der Waals surface area (Å²) in [6.07, 6.45) is 17.4. The van der Waals surface area contributed by atoms with Crippen molar-refractivity contribution in [2.24, 2.45) is 0 Å². The van der Waals surface area contributed by atoms with Gasteiger partial charge in [0.15, 0.2) is 0 Å². The number of aryl methyl sites for hydroxylation is 2. The largest absolute Gasteiger partial charge is 0.465 e. The molecule has 0 unspecified atom stereocenters. The monoisotopic (exact) mass is 1620 g/mol. The summed E-state index contributed by atoms with van der Waals surface area (Å²) in [5.74, 6) is 3.12. The van der Waals surface area contributed by atoms with Crippen molar-refractivity contribution in [1.29, 1.82) is 0 Å². The Bertz CT molecular complexity index is 5930. The lowest BCUT2D eigenvalue weighted by Crippen LogP contribution is -2.38. The van der Waals surface area contributed by atoms with Crippen LogP contribution in [-0.4, -0.2) is 142 Å². The number of alkyl halides is 2. The lowest BCUT2D eigenvalue weighted by atomic mass is 9.87. The number of aromatic amines is 4. The minimum Gasteiger partial charge on any atom is -0.465 e. The highest BCUT2D eigenvalue weighted by atomic mass is 32.2. The molecule has 0 spiro atoms. The first-order valence-corrected chi connectivity index (χ1v) is 44.5. The van der Waals surface area contributed by atoms with E-state index in [2.05, 4.69) is 120 Å². The summed E-state index contributed by atoms with van der Waals surface area (Å²) in [6.45, 7) is 15.0.